The first-order valence-electron chi connectivity index (χ1n) is 5.05. The first-order valence-corrected chi connectivity index (χ1v) is 5.93. The number of carboxylic acids is 1. The first kappa shape index (κ1) is 13.5. The van der Waals surface area contributed by atoms with Gasteiger partial charge in [-0.1, -0.05) is 6.07 Å². The van der Waals surface area contributed by atoms with Gasteiger partial charge >= 0.3 is 12.1 Å². The van der Waals surface area contributed by atoms with Gasteiger partial charge in [0.15, 0.2) is 6.04 Å². The van der Waals surface area contributed by atoms with E-state index >= 15 is 0 Å². The number of ether oxygens (including phenoxy) is 1. The Kier molecular flexibility index (Phi) is 4.11. The van der Waals surface area contributed by atoms with Gasteiger partial charge in [0.1, 0.15) is 5.60 Å². The fourth-order valence-electron chi connectivity index (χ4n) is 1.14. The smallest absolute Gasteiger partial charge is 0.408 e. The van der Waals surface area contributed by atoms with E-state index in [0.29, 0.717) is 4.88 Å². The molecule has 1 atom stereocenters. The molecule has 2 N–H and O–H groups in total. The molecule has 0 saturated heterocycles. The van der Waals surface area contributed by atoms with Gasteiger partial charge in [0.25, 0.3) is 0 Å². The monoisotopic (exact) mass is 257 g/mol. The van der Waals surface area contributed by atoms with Crippen LogP contribution in [0.2, 0.25) is 0 Å². The molecular formula is C11H15NO4S. The average molecular weight is 257 g/mol. The van der Waals surface area contributed by atoms with Crippen molar-refractivity contribution in [2.45, 2.75) is 32.4 Å². The summed E-state index contributed by atoms with van der Waals surface area (Å²) in [4.78, 5) is 23.1. The Morgan fingerprint density at radius 3 is 2.53 bits per heavy atom. The van der Waals surface area contributed by atoms with E-state index in [1.807, 2.05) is 0 Å². The van der Waals surface area contributed by atoms with Crippen molar-refractivity contribution in [3.8, 4) is 0 Å². The SMILES string of the molecule is CC(C)(C)OC(=O)NC(C(=O)O)c1cccs1. The van der Waals surface area contributed by atoms with Crippen molar-refractivity contribution in [1.29, 1.82) is 0 Å². The third kappa shape index (κ3) is 4.44. The number of carbonyl (C=O) groups excluding carboxylic acids is 1. The largest absolute Gasteiger partial charge is 0.479 e. The van der Waals surface area contributed by atoms with E-state index in [9.17, 15) is 9.59 Å². The van der Waals surface area contributed by atoms with Gasteiger partial charge in [0.05, 0.1) is 0 Å². The van der Waals surface area contributed by atoms with Crippen LogP contribution in [0.1, 0.15) is 31.7 Å². The van der Waals surface area contributed by atoms with Gasteiger partial charge < -0.3 is 15.2 Å². The highest BCUT2D eigenvalue weighted by Crippen LogP contribution is 2.19. The van der Waals surface area contributed by atoms with Crippen molar-refractivity contribution < 1.29 is 19.4 Å². The van der Waals surface area contributed by atoms with Gasteiger partial charge in [-0.3, -0.25) is 0 Å². The van der Waals surface area contributed by atoms with Crippen LogP contribution in [0.4, 0.5) is 4.79 Å². The van der Waals surface area contributed by atoms with E-state index in [1.165, 1.54) is 11.3 Å². The number of carboxylic acid groups (broad SMARTS) is 1. The maximum absolute atomic E-state index is 11.5. The second kappa shape index (κ2) is 5.18. The van der Waals surface area contributed by atoms with Gasteiger partial charge in [0, 0.05) is 4.88 Å². The minimum atomic E-state index is -1.11. The molecule has 1 unspecified atom stereocenters. The summed E-state index contributed by atoms with van der Waals surface area (Å²) in [5.41, 5.74) is -0.650. The number of alkyl carbamates (subject to hydrolysis) is 1. The molecule has 1 amide bonds. The number of hydrogen-bond donors (Lipinski definition) is 2. The highest BCUT2D eigenvalue weighted by atomic mass is 32.1. The Labute approximate surface area is 103 Å². The Balaban J connectivity index is 2.69. The van der Waals surface area contributed by atoms with Crippen molar-refractivity contribution >= 4 is 23.4 Å². The van der Waals surface area contributed by atoms with Gasteiger partial charge in [-0.25, -0.2) is 9.59 Å². The predicted molar refractivity (Wildman–Crippen MR) is 64.1 cm³/mol. The van der Waals surface area contributed by atoms with Gasteiger partial charge in [0.2, 0.25) is 0 Å². The third-order valence-corrected chi connectivity index (χ3v) is 2.67. The Morgan fingerprint density at radius 1 is 1.47 bits per heavy atom. The summed E-state index contributed by atoms with van der Waals surface area (Å²) in [6, 6.07) is 2.32. The fraction of sp³-hybridized carbons (Fsp3) is 0.455. The van der Waals surface area contributed by atoms with E-state index in [2.05, 4.69) is 5.32 Å². The molecule has 0 aromatic carbocycles. The maximum atomic E-state index is 11.5. The molecule has 0 bridgehead atoms. The summed E-state index contributed by atoms with van der Waals surface area (Å²) >= 11 is 1.27. The number of amides is 1. The molecular weight excluding hydrogens is 242 g/mol. The fourth-order valence-corrected chi connectivity index (χ4v) is 1.90. The standard InChI is InChI=1S/C11H15NO4S/c1-11(2,3)16-10(15)12-8(9(13)14)7-5-4-6-17-7/h4-6,8H,1-3H3,(H,12,15)(H,13,14). The van der Waals surface area contributed by atoms with Crippen molar-refractivity contribution in [3.05, 3.63) is 22.4 Å². The molecule has 0 spiro atoms. The van der Waals surface area contributed by atoms with E-state index in [0.717, 1.165) is 0 Å². The quantitative estimate of drug-likeness (QED) is 0.871. The predicted octanol–water partition coefficient (Wildman–Crippen LogP) is 2.40. The Bertz CT molecular complexity index is 394. The molecule has 0 radical (unpaired) electrons. The summed E-state index contributed by atoms with van der Waals surface area (Å²) in [5, 5.41) is 13.1. The minimum Gasteiger partial charge on any atom is -0.479 e. The lowest BCUT2D eigenvalue weighted by Gasteiger charge is -2.21. The molecule has 0 aliphatic rings. The van der Waals surface area contributed by atoms with Gasteiger partial charge in [-0.05, 0) is 32.2 Å². The average Bonchev–Trinajstić information content (AvgIpc) is 2.63. The minimum absolute atomic E-state index is 0.559. The highest BCUT2D eigenvalue weighted by molar-refractivity contribution is 7.10. The molecule has 5 nitrogen and oxygen atoms in total. The Morgan fingerprint density at radius 2 is 2.12 bits per heavy atom. The van der Waals surface area contributed by atoms with Crippen molar-refractivity contribution in [1.82, 2.24) is 5.32 Å². The van der Waals surface area contributed by atoms with Gasteiger partial charge in [-0.2, -0.15) is 0 Å². The molecule has 1 aromatic rings. The number of aliphatic carboxylic acids is 1. The number of hydrogen-bond acceptors (Lipinski definition) is 4. The van der Waals surface area contributed by atoms with E-state index in [4.69, 9.17) is 9.84 Å². The second-order valence-corrected chi connectivity index (χ2v) is 5.41. The number of nitrogens with one attached hydrogen (secondary N) is 1. The van der Waals surface area contributed by atoms with Crippen LogP contribution in [0, 0.1) is 0 Å². The zero-order chi connectivity index (χ0) is 13.1. The normalized spacial score (nSPS) is 12.9. The van der Waals surface area contributed by atoms with Gasteiger partial charge in [-0.15, -0.1) is 11.3 Å². The zero-order valence-electron chi connectivity index (χ0n) is 9.89. The molecule has 0 saturated carbocycles. The molecule has 0 aliphatic heterocycles. The molecule has 0 aliphatic carbocycles. The van der Waals surface area contributed by atoms with Crippen LogP contribution >= 0.6 is 11.3 Å². The maximum Gasteiger partial charge on any atom is 0.408 e. The lowest BCUT2D eigenvalue weighted by Crippen LogP contribution is -2.37. The van der Waals surface area contributed by atoms with E-state index in [-0.39, 0.29) is 0 Å². The molecule has 1 aromatic heterocycles. The van der Waals surface area contributed by atoms with Crippen LogP contribution in [0.15, 0.2) is 17.5 Å². The van der Waals surface area contributed by atoms with Crippen LogP contribution in [0.5, 0.6) is 0 Å². The van der Waals surface area contributed by atoms with E-state index < -0.39 is 23.7 Å². The first-order chi connectivity index (χ1) is 7.79. The van der Waals surface area contributed by atoms with E-state index in [1.54, 1.807) is 38.3 Å². The third-order valence-electron chi connectivity index (χ3n) is 1.74. The van der Waals surface area contributed by atoms with Crippen LogP contribution in [-0.4, -0.2) is 22.8 Å². The van der Waals surface area contributed by atoms with Crippen molar-refractivity contribution in [2.24, 2.45) is 0 Å². The van der Waals surface area contributed by atoms with Crippen molar-refractivity contribution in [3.63, 3.8) is 0 Å². The lowest BCUT2D eigenvalue weighted by molar-refractivity contribution is -0.139. The van der Waals surface area contributed by atoms with Crippen LogP contribution in [0.3, 0.4) is 0 Å². The highest BCUT2D eigenvalue weighted by Gasteiger charge is 2.25. The summed E-state index contributed by atoms with van der Waals surface area (Å²) < 4.78 is 5.01. The lowest BCUT2D eigenvalue weighted by atomic mass is 10.2. The zero-order valence-corrected chi connectivity index (χ0v) is 10.7. The topological polar surface area (TPSA) is 75.6 Å². The van der Waals surface area contributed by atoms with Crippen LogP contribution in [0.25, 0.3) is 0 Å². The summed E-state index contributed by atoms with van der Waals surface area (Å²) in [6.07, 6.45) is -0.738. The number of rotatable bonds is 3. The number of thiophene rings is 1. The summed E-state index contributed by atoms with van der Waals surface area (Å²) in [6.45, 7) is 5.15. The second-order valence-electron chi connectivity index (χ2n) is 4.43. The molecule has 94 valence electrons. The molecule has 1 rings (SSSR count). The molecule has 6 heteroatoms. The Hall–Kier alpha value is -1.56. The summed E-state index contributed by atoms with van der Waals surface area (Å²) in [5.74, 6) is -1.11. The molecule has 1 heterocycles. The van der Waals surface area contributed by atoms with Crippen molar-refractivity contribution in [2.75, 3.05) is 0 Å². The number of carbonyl (C=O) groups is 2. The molecule has 0 fully saturated rings. The molecule has 17 heavy (non-hydrogen) atoms. The van der Waals surface area contributed by atoms with Crippen LogP contribution < -0.4 is 5.32 Å². The summed E-state index contributed by atoms with van der Waals surface area (Å²) in [7, 11) is 0. The van der Waals surface area contributed by atoms with Crippen LogP contribution in [-0.2, 0) is 9.53 Å².